The Hall–Kier alpha value is -0.570. The molecule has 1 heterocycles. The molecule has 1 atom stereocenters. The first kappa shape index (κ1) is 19.5. The first-order chi connectivity index (χ1) is 9.99. The van der Waals surface area contributed by atoms with Gasteiger partial charge in [-0.05, 0) is 32.3 Å². The maximum atomic E-state index is 4.70. The molecule has 5 nitrogen and oxygen atoms in total. The molecule has 0 saturated carbocycles. The van der Waals surface area contributed by atoms with Gasteiger partial charge >= 0.3 is 0 Å². The molecule has 2 rings (SSSR count). The van der Waals surface area contributed by atoms with Crippen molar-refractivity contribution < 1.29 is 0 Å². The summed E-state index contributed by atoms with van der Waals surface area (Å²) in [6.45, 7) is 8.80. The summed E-state index contributed by atoms with van der Waals surface area (Å²) in [4.78, 5) is 4.25. The zero-order valence-electron chi connectivity index (χ0n) is 13.4. The third-order valence-corrected chi connectivity index (χ3v) is 3.92. The number of aryl methyl sites for hydroxylation is 1. The van der Waals surface area contributed by atoms with Gasteiger partial charge < -0.3 is 10.6 Å². The van der Waals surface area contributed by atoms with Crippen LogP contribution in [0.3, 0.4) is 0 Å². The molecule has 1 aromatic rings. The average Bonchev–Trinajstić information content (AvgIpc) is 2.86. The molecule has 0 spiro atoms. The summed E-state index contributed by atoms with van der Waals surface area (Å²) < 4.78 is 2.97. The van der Waals surface area contributed by atoms with E-state index in [0.717, 1.165) is 29.7 Å². The molecular formula is C15H25BrIN5. The third-order valence-electron chi connectivity index (χ3n) is 3.64. The smallest absolute Gasteiger partial charge is 0.191 e. The van der Waals surface area contributed by atoms with Crippen LogP contribution in [0.25, 0.3) is 0 Å². The van der Waals surface area contributed by atoms with E-state index in [1.165, 1.54) is 11.3 Å². The van der Waals surface area contributed by atoms with Crippen LogP contribution in [0.1, 0.15) is 37.6 Å². The van der Waals surface area contributed by atoms with Crippen molar-refractivity contribution in [2.24, 2.45) is 4.99 Å². The predicted octanol–water partition coefficient (Wildman–Crippen LogP) is 3.01. The van der Waals surface area contributed by atoms with Crippen molar-refractivity contribution in [2.75, 3.05) is 13.6 Å². The summed E-state index contributed by atoms with van der Waals surface area (Å²) in [5.74, 6) is 0.812. The summed E-state index contributed by atoms with van der Waals surface area (Å²) >= 11 is 3.34. The first-order valence-electron chi connectivity index (χ1n) is 7.37. The minimum atomic E-state index is 0. The molecule has 0 bridgehead atoms. The quantitative estimate of drug-likeness (QED) is 0.395. The largest absolute Gasteiger partial charge is 0.353 e. The van der Waals surface area contributed by atoms with Gasteiger partial charge in [0.2, 0.25) is 0 Å². The molecule has 1 unspecified atom stereocenters. The lowest BCUT2D eigenvalue weighted by atomic mass is 9.94. The number of guanidine groups is 1. The highest BCUT2D eigenvalue weighted by molar-refractivity contribution is 14.0. The molecule has 1 aliphatic rings. The van der Waals surface area contributed by atoms with Crippen molar-refractivity contribution in [2.45, 2.75) is 45.2 Å². The Labute approximate surface area is 158 Å². The van der Waals surface area contributed by atoms with Crippen LogP contribution in [0, 0.1) is 0 Å². The molecule has 0 saturated heterocycles. The van der Waals surface area contributed by atoms with Gasteiger partial charge in [-0.15, -0.1) is 24.0 Å². The zero-order valence-corrected chi connectivity index (χ0v) is 17.3. The molecule has 1 aromatic heterocycles. The van der Waals surface area contributed by atoms with Gasteiger partial charge in [0.05, 0.1) is 5.69 Å². The van der Waals surface area contributed by atoms with Gasteiger partial charge in [-0.2, -0.15) is 5.10 Å². The number of fused-ring (bicyclic) bond motifs is 1. The van der Waals surface area contributed by atoms with Crippen molar-refractivity contribution in [3.05, 3.63) is 28.5 Å². The van der Waals surface area contributed by atoms with E-state index in [0.29, 0.717) is 18.6 Å². The molecule has 124 valence electrons. The number of aliphatic imine (C=N–C) groups is 1. The van der Waals surface area contributed by atoms with Crippen LogP contribution >= 0.6 is 39.9 Å². The fraction of sp³-hybridized carbons (Fsp3) is 0.600. The number of hydrogen-bond acceptors (Lipinski definition) is 2. The lowest BCUT2D eigenvalue weighted by Crippen LogP contribution is -2.45. The van der Waals surface area contributed by atoms with E-state index in [4.69, 9.17) is 5.10 Å². The highest BCUT2D eigenvalue weighted by atomic mass is 127. The number of rotatable bonds is 4. The van der Waals surface area contributed by atoms with Gasteiger partial charge in [0.1, 0.15) is 0 Å². The molecule has 0 aliphatic heterocycles. The second-order valence-corrected chi connectivity index (χ2v) is 6.82. The van der Waals surface area contributed by atoms with Crippen LogP contribution in [-0.2, 0) is 12.8 Å². The number of nitrogens with one attached hydrogen (secondary N) is 2. The predicted molar refractivity (Wildman–Crippen MR) is 106 cm³/mol. The minimum absolute atomic E-state index is 0. The number of halogens is 2. The Morgan fingerprint density at radius 3 is 2.91 bits per heavy atom. The average molecular weight is 482 g/mol. The third kappa shape index (κ3) is 5.26. The van der Waals surface area contributed by atoms with Crippen molar-refractivity contribution in [3.63, 3.8) is 0 Å². The topological polar surface area (TPSA) is 54.2 Å². The molecule has 0 aromatic carbocycles. The van der Waals surface area contributed by atoms with Crippen molar-refractivity contribution in [1.29, 1.82) is 0 Å². The molecule has 7 heteroatoms. The van der Waals surface area contributed by atoms with Gasteiger partial charge in [-0.3, -0.25) is 9.67 Å². The van der Waals surface area contributed by atoms with Crippen LogP contribution in [0.15, 0.2) is 22.3 Å². The number of hydrogen-bond donors (Lipinski definition) is 2. The van der Waals surface area contributed by atoms with E-state index >= 15 is 0 Å². The molecule has 1 aliphatic carbocycles. The monoisotopic (exact) mass is 481 g/mol. The molecule has 0 fully saturated rings. The fourth-order valence-electron chi connectivity index (χ4n) is 2.47. The summed E-state index contributed by atoms with van der Waals surface area (Å²) in [7, 11) is 1.79. The van der Waals surface area contributed by atoms with E-state index in [1.54, 1.807) is 7.05 Å². The van der Waals surface area contributed by atoms with E-state index in [1.807, 2.05) is 0 Å². The van der Waals surface area contributed by atoms with Crippen LogP contribution in [0.2, 0.25) is 0 Å². The summed E-state index contributed by atoms with van der Waals surface area (Å²) in [5.41, 5.74) is 2.60. The van der Waals surface area contributed by atoms with E-state index in [2.05, 4.69) is 62.9 Å². The molecule has 22 heavy (non-hydrogen) atoms. The van der Waals surface area contributed by atoms with E-state index in [-0.39, 0.29) is 24.0 Å². The Morgan fingerprint density at radius 2 is 2.32 bits per heavy atom. The number of nitrogens with zero attached hydrogens (tertiary/aromatic N) is 3. The Bertz CT molecular complexity index is 538. The summed E-state index contributed by atoms with van der Waals surface area (Å²) in [6, 6.07) is 0.796. The normalized spacial score (nSPS) is 17.7. The van der Waals surface area contributed by atoms with Gasteiger partial charge in [-0.25, -0.2) is 0 Å². The molecule has 0 radical (unpaired) electrons. The van der Waals surface area contributed by atoms with Crippen molar-refractivity contribution in [1.82, 2.24) is 20.4 Å². The second-order valence-electron chi connectivity index (χ2n) is 5.70. The minimum Gasteiger partial charge on any atom is -0.353 e. The van der Waals surface area contributed by atoms with Crippen LogP contribution in [0.5, 0.6) is 0 Å². The lowest BCUT2D eigenvalue weighted by molar-refractivity contribution is 0.500. The van der Waals surface area contributed by atoms with Crippen LogP contribution in [0.4, 0.5) is 0 Å². The summed E-state index contributed by atoms with van der Waals surface area (Å²) in [5, 5.41) is 11.4. The van der Waals surface area contributed by atoms with E-state index < -0.39 is 0 Å². The first-order valence-corrected chi connectivity index (χ1v) is 8.16. The molecule has 0 amide bonds. The maximum Gasteiger partial charge on any atom is 0.191 e. The zero-order chi connectivity index (χ0) is 15.4. The summed E-state index contributed by atoms with van der Waals surface area (Å²) in [6.07, 6.45) is 5.32. The molecular weight excluding hydrogens is 457 g/mol. The van der Waals surface area contributed by atoms with Gasteiger partial charge in [0.25, 0.3) is 0 Å². The van der Waals surface area contributed by atoms with Gasteiger partial charge in [0, 0.05) is 42.8 Å². The van der Waals surface area contributed by atoms with Gasteiger partial charge in [0.15, 0.2) is 5.96 Å². The molecule has 2 N–H and O–H groups in total. The highest BCUT2D eigenvalue weighted by Crippen LogP contribution is 2.21. The Morgan fingerprint density at radius 1 is 1.59 bits per heavy atom. The maximum absolute atomic E-state index is 4.70. The SMILES string of the molecule is C=C(Br)CNC(=NC)NC1CCc2cn(C(C)C)nc2C1.I. The van der Waals surface area contributed by atoms with E-state index in [9.17, 15) is 0 Å². The Balaban J connectivity index is 0.00000242. The second kappa shape index (κ2) is 8.90. The standard InChI is InChI=1S/C15H24BrN5.HI/c1-10(2)21-9-12-5-6-13(7-14(12)20-21)19-15(17-4)18-8-11(3)16;/h9-10,13H,3,5-8H2,1-2,4H3,(H2,17,18,19);1H. The van der Waals surface area contributed by atoms with Gasteiger partial charge in [-0.1, -0.05) is 22.5 Å². The lowest BCUT2D eigenvalue weighted by Gasteiger charge is -2.24. The van der Waals surface area contributed by atoms with Crippen LogP contribution in [-0.4, -0.2) is 35.4 Å². The highest BCUT2D eigenvalue weighted by Gasteiger charge is 2.22. The van der Waals surface area contributed by atoms with Crippen molar-refractivity contribution in [3.8, 4) is 0 Å². The van der Waals surface area contributed by atoms with Crippen molar-refractivity contribution >= 4 is 45.9 Å². The fourth-order valence-corrected chi connectivity index (χ4v) is 2.61. The Kier molecular flexibility index (Phi) is 7.88. The number of aromatic nitrogens is 2. The van der Waals surface area contributed by atoms with Crippen LogP contribution < -0.4 is 10.6 Å².